The second-order valence-corrected chi connectivity index (χ2v) is 7.16. The summed E-state index contributed by atoms with van der Waals surface area (Å²) in [6.45, 7) is 1.56. The normalized spacial score (nSPS) is 10.6. The van der Waals surface area contributed by atoms with Crippen LogP contribution in [-0.2, 0) is 20.7 Å². The lowest BCUT2D eigenvalue weighted by atomic mass is 10.0. The fraction of sp³-hybridized carbons (Fsp3) is 0.185. The summed E-state index contributed by atoms with van der Waals surface area (Å²) in [5.74, 6) is -0.135. The Kier molecular flexibility index (Phi) is 8.24. The molecule has 0 saturated heterocycles. The van der Waals surface area contributed by atoms with Gasteiger partial charge in [0, 0.05) is 19.4 Å². The molecule has 0 aliphatic heterocycles. The average Bonchev–Trinajstić information content (AvgIpc) is 2.83. The Labute approximate surface area is 193 Å². The third kappa shape index (κ3) is 6.71. The van der Waals surface area contributed by atoms with Crippen LogP contribution >= 0.6 is 0 Å². The number of hydrogen-bond donors (Lipinski definition) is 0. The third-order valence-electron chi connectivity index (χ3n) is 4.84. The van der Waals surface area contributed by atoms with Crippen molar-refractivity contribution in [1.29, 1.82) is 0 Å². The quantitative estimate of drug-likeness (QED) is 0.259. The van der Waals surface area contributed by atoms with Crippen LogP contribution in [0.1, 0.15) is 18.1 Å². The minimum atomic E-state index is -0.492. The molecule has 3 aromatic carbocycles. The van der Waals surface area contributed by atoms with Crippen LogP contribution in [0.5, 0.6) is 17.2 Å². The van der Waals surface area contributed by atoms with E-state index >= 15 is 0 Å². The highest BCUT2D eigenvalue weighted by molar-refractivity contribution is 5.87. The van der Waals surface area contributed by atoms with E-state index in [1.807, 2.05) is 30.3 Å². The SMILES string of the molecule is COc1cc(/C=C/C(=O)OCCc2ccc(-c3ccccc3)cc2)cc(OC)c1OC(C)=O. The largest absolute Gasteiger partial charge is 0.493 e. The fourth-order valence-corrected chi connectivity index (χ4v) is 3.22. The van der Waals surface area contributed by atoms with Gasteiger partial charge in [0.05, 0.1) is 20.8 Å². The number of benzene rings is 3. The van der Waals surface area contributed by atoms with Crippen molar-refractivity contribution in [3.8, 4) is 28.4 Å². The molecule has 0 aliphatic rings. The second-order valence-electron chi connectivity index (χ2n) is 7.16. The zero-order chi connectivity index (χ0) is 23.6. The van der Waals surface area contributed by atoms with E-state index < -0.39 is 11.9 Å². The maximum absolute atomic E-state index is 12.1. The summed E-state index contributed by atoms with van der Waals surface area (Å²) in [7, 11) is 2.91. The third-order valence-corrected chi connectivity index (χ3v) is 4.84. The van der Waals surface area contributed by atoms with Gasteiger partial charge >= 0.3 is 11.9 Å². The van der Waals surface area contributed by atoms with Gasteiger partial charge in [-0.15, -0.1) is 0 Å². The van der Waals surface area contributed by atoms with Crippen molar-refractivity contribution in [1.82, 2.24) is 0 Å². The Balaban J connectivity index is 1.56. The van der Waals surface area contributed by atoms with Crippen LogP contribution in [0, 0.1) is 0 Å². The van der Waals surface area contributed by atoms with Crippen molar-refractivity contribution in [2.24, 2.45) is 0 Å². The van der Waals surface area contributed by atoms with Gasteiger partial charge in [-0.05, 0) is 40.5 Å². The Hall–Kier alpha value is -4.06. The number of rotatable bonds is 9. The van der Waals surface area contributed by atoms with Gasteiger partial charge in [0.2, 0.25) is 5.75 Å². The molecule has 3 aromatic rings. The summed E-state index contributed by atoms with van der Waals surface area (Å²) in [5.41, 5.74) is 4.02. The standard InChI is InChI=1S/C27H26O6/c1-19(28)33-27-24(30-2)17-21(18-25(27)31-3)11-14-26(29)32-16-15-20-9-12-23(13-10-20)22-7-5-4-6-8-22/h4-14,17-18H,15-16H2,1-3H3/b14-11+. The Morgan fingerprint density at radius 2 is 1.45 bits per heavy atom. The van der Waals surface area contributed by atoms with Crippen LogP contribution in [0.2, 0.25) is 0 Å². The maximum atomic E-state index is 12.1. The summed E-state index contributed by atoms with van der Waals surface area (Å²) in [4.78, 5) is 23.5. The fourth-order valence-electron chi connectivity index (χ4n) is 3.22. The molecule has 0 amide bonds. The molecule has 170 valence electrons. The van der Waals surface area contributed by atoms with E-state index in [1.54, 1.807) is 18.2 Å². The highest BCUT2D eigenvalue weighted by atomic mass is 16.6. The van der Waals surface area contributed by atoms with Gasteiger partial charge in [-0.2, -0.15) is 0 Å². The minimum Gasteiger partial charge on any atom is -0.493 e. The molecule has 6 nitrogen and oxygen atoms in total. The molecule has 6 heteroatoms. The number of esters is 2. The van der Waals surface area contributed by atoms with Crippen LogP contribution in [0.15, 0.2) is 72.8 Å². The molecule has 0 atom stereocenters. The topological polar surface area (TPSA) is 71.1 Å². The van der Waals surface area contributed by atoms with Crippen LogP contribution in [0.25, 0.3) is 17.2 Å². The molecule has 0 heterocycles. The van der Waals surface area contributed by atoms with Crippen molar-refractivity contribution in [3.63, 3.8) is 0 Å². The molecule has 0 N–H and O–H groups in total. The molecule has 0 radical (unpaired) electrons. The Morgan fingerprint density at radius 3 is 2.03 bits per heavy atom. The lowest BCUT2D eigenvalue weighted by Crippen LogP contribution is -2.05. The highest BCUT2D eigenvalue weighted by Crippen LogP contribution is 2.39. The van der Waals surface area contributed by atoms with E-state index in [4.69, 9.17) is 18.9 Å². The highest BCUT2D eigenvalue weighted by Gasteiger charge is 2.15. The first-order chi connectivity index (χ1) is 16.0. The molecule has 33 heavy (non-hydrogen) atoms. The van der Waals surface area contributed by atoms with Gasteiger partial charge in [0.15, 0.2) is 11.5 Å². The Bertz CT molecular complexity index is 1090. The smallest absolute Gasteiger partial charge is 0.330 e. The Morgan fingerprint density at radius 1 is 0.848 bits per heavy atom. The molecule has 0 bridgehead atoms. The summed E-state index contributed by atoms with van der Waals surface area (Å²) >= 11 is 0. The van der Waals surface area contributed by atoms with Crippen LogP contribution in [0.4, 0.5) is 0 Å². The zero-order valence-electron chi connectivity index (χ0n) is 18.9. The van der Waals surface area contributed by atoms with E-state index in [2.05, 4.69) is 24.3 Å². The first-order valence-electron chi connectivity index (χ1n) is 10.4. The van der Waals surface area contributed by atoms with E-state index in [9.17, 15) is 9.59 Å². The first kappa shape index (κ1) is 23.6. The predicted octanol–water partition coefficient (Wildman–Crippen LogP) is 5.10. The van der Waals surface area contributed by atoms with E-state index in [0.29, 0.717) is 23.5 Å². The van der Waals surface area contributed by atoms with Crippen molar-refractivity contribution in [2.75, 3.05) is 20.8 Å². The summed E-state index contributed by atoms with van der Waals surface area (Å²) < 4.78 is 21.0. The van der Waals surface area contributed by atoms with Gasteiger partial charge < -0.3 is 18.9 Å². The number of carbonyl (C=O) groups is 2. The molecule has 0 aromatic heterocycles. The maximum Gasteiger partial charge on any atom is 0.330 e. The van der Waals surface area contributed by atoms with E-state index in [1.165, 1.54) is 27.2 Å². The van der Waals surface area contributed by atoms with Crippen molar-refractivity contribution in [3.05, 3.63) is 83.9 Å². The summed E-state index contributed by atoms with van der Waals surface area (Å²) in [6.07, 6.45) is 3.53. The molecule has 0 saturated carbocycles. The van der Waals surface area contributed by atoms with E-state index in [0.717, 1.165) is 16.7 Å². The van der Waals surface area contributed by atoms with Gasteiger partial charge in [-0.3, -0.25) is 4.79 Å². The van der Waals surface area contributed by atoms with Gasteiger partial charge in [-0.25, -0.2) is 4.79 Å². The van der Waals surface area contributed by atoms with Crippen LogP contribution < -0.4 is 14.2 Å². The predicted molar refractivity (Wildman–Crippen MR) is 126 cm³/mol. The van der Waals surface area contributed by atoms with Crippen molar-refractivity contribution in [2.45, 2.75) is 13.3 Å². The number of carbonyl (C=O) groups excluding carboxylic acids is 2. The lowest BCUT2D eigenvalue weighted by Gasteiger charge is -2.13. The summed E-state index contributed by atoms with van der Waals surface area (Å²) in [6, 6.07) is 21.6. The van der Waals surface area contributed by atoms with Crippen molar-refractivity contribution < 1.29 is 28.5 Å². The van der Waals surface area contributed by atoms with Crippen LogP contribution in [0.3, 0.4) is 0 Å². The molecule has 3 rings (SSSR count). The lowest BCUT2D eigenvalue weighted by molar-refractivity contribution is -0.137. The molecular weight excluding hydrogens is 420 g/mol. The number of methoxy groups -OCH3 is 2. The van der Waals surface area contributed by atoms with Crippen LogP contribution in [-0.4, -0.2) is 32.8 Å². The first-order valence-corrected chi connectivity index (χ1v) is 10.4. The van der Waals surface area contributed by atoms with Gasteiger partial charge in [0.25, 0.3) is 0 Å². The molecule has 0 aliphatic carbocycles. The average molecular weight is 446 g/mol. The number of ether oxygens (including phenoxy) is 4. The molecule has 0 spiro atoms. The molecule has 0 fully saturated rings. The minimum absolute atomic E-state index is 0.186. The van der Waals surface area contributed by atoms with Gasteiger partial charge in [-0.1, -0.05) is 54.6 Å². The zero-order valence-corrected chi connectivity index (χ0v) is 18.9. The molecule has 0 unspecified atom stereocenters. The van der Waals surface area contributed by atoms with Gasteiger partial charge in [0.1, 0.15) is 0 Å². The second kappa shape index (κ2) is 11.5. The summed E-state index contributed by atoms with van der Waals surface area (Å²) in [5, 5.41) is 0. The molecular formula is C27H26O6. The van der Waals surface area contributed by atoms with E-state index in [-0.39, 0.29) is 12.4 Å². The monoisotopic (exact) mass is 446 g/mol. The van der Waals surface area contributed by atoms with Crippen molar-refractivity contribution >= 4 is 18.0 Å². The number of hydrogen-bond acceptors (Lipinski definition) is 6.